The second kappa shape index (κ2) is 15.4. The van der Waals surface area contributed by atoms with Crippen molar-refractivity contribution in [1.29, 1.82) is 0 Å². The first-order valence-corrected chi connectivity index (χ1v) is 22.0. The minimum Gasteiger partial charge on any atom is -0.0966 e. The number of benzene rings is 1. The highest BCUT2D eigenvalue weighted by Gasteiger charge is 2.50. The maximum atomic E-state index is 2.69. The van der Waals surface area contributed by atoms with Gasteiger partial charge in [0.25, 0.3) is 0 Å². The molecule has 0 amide bonds. The Morgan fingerprint density at radius 2 is 1.07 bits per heavy atom. The van der Waals surface area contributed by atoms with Gasteiger partial charge in [0.05, 0.1) is 0 Å². The minimum absolute atomic E-state index is 0.0133. The maximum absolute atomic E-state index is 2.69. The highest BCUT2D eigenvalue weighted by molar-refractivity contribution is 7.67. The second-order valence-electron chi connectivity index (χ2n) is 15.3. The van der Waals surface area contributed by atoms with Gasteiger partial charge in [-0.05, 0) is 122 Å². The van der Waals surface area contributed by atoms with E-state index in [0.29, 0.717) is 5.41 Å². The molecule has 5 fully saturated rings. The lowest BCUT2D eigenvalue weighted by Crippen LogP contribution is -2.38. The quantitative estimate of drug-likeness (QED) is 0.236. The molecule has 0 aromatic heterocycles. The molecule has 41 heavy (non-hydrogen) atoms. The molecular formula is C39H64P2. The molecule has 0 heterocycles. The van der Waals surface area contributed by atoms with Crippen molar-refractivity contribution in [2.24, 2.45) is 5.41 Å². The van der Waals surface area contributed by atoms with E-state index in [2.05, 4.69) is 31.2 Å². The summed E-state index contributed by atoms with van der Waals surface area (Å²) in [5, 5.41) is 1.92. The lowest BCUT2D eigenvalue weighted by molar-refractivity contribution is 0.269. The van der Waals surface area contributed by atoms with Crippen LogP contribution in [0.25, 0.3) is 0 Å². The van der Waals surface area contributed by atoms with Gasteiger partial charge in [-0.15, -0.1) is 0 Å². The summed E-state index contributed by atoms with van der Waals surface area (Å²) in [6.07, 6.45) is 39.8. The summed E-state index contributed by atoms with van der Waals surface area (Å²) < 4.78 is 0. The third kappa shape index (κ3) is 7.32. The van der Waals surface area contributed by atoms with Crippen molar-refractivity contribution in [2.75, 3.05) is 0 Å². The molecule has 0 aliphatic heterocycles. The average molecular weight is 595 g/mol. The van der Waals surface area contributed by atoms with Gasteiger partial charge >= 0.3 is 0 Å². The molecule has 2 atom stereocenters. The summed E-state index contributed by atoms with van der Waals surface area (Å²) in [5.74, 6) is 0. The molecule has 5 saturated carbocycles. The van der Waals surface area contributed by atoms with Crippen LogP contribution in [0.4, 0.5) is 0 Å². The van der Waals surface area contributed by atoms with Crippen molar-refractivity contribution in [1.82, 2.24) is 0 Å². The van der Waals surface area contributed by atoms with Gasteiger partial charge in [-0.2, -0.15) is 0 Å². The fourth-order valence-corrected chi connectivity index (χ4v) is 19.9. The topological polar surface area (TPSA) is 0 Å². The fraction of sp³-hybridized carbons (Fsp3) is 0.846. The monoisotopic (exact) mass is 594 g/mol. The first-order chi connectivity index (χ1) is 20.3. The summed E-state index contributed by atoms with van der Waals surface area (Å²) in [7, 11) is 0.149. The molecule has 1 aromatic carbocycles. The lowest BCUT2D eigenvalue weighted by atomic mass is 9.76. The van der Waals surface area contributed by atoms with Crippen LogP contribution in [-0.2, 0) is 6.42 Å². The number of hydrogen-bond donors (Lipinski definition) is 0. The van der Waals surface area contributed by atoms with Crippen LogP contribution in [0.2, 0.25) is 0 Å². The zero-order valence-electron chi connectivity index (χ0n) is 27.0. The Kier molecular flexibility index (Phi) is 11.7. The SMILES string of the molecule is CCCC1(Cc2ccccc2P(C2CCCCC2)C2CCCCC2)CCC[C@H]1P(C1CCCCC1)C1CCCCC1. The summed E-state index contributed by atoms with van der Waals surface area (Å²) in [6, 6.07) is 10.3. The summed E-state index contributed by atoms with van der Waals surface area (Å²) in [4.78, 5) is 0. The molecule has 1 aromatic rings. The molecule has 6 rings (SSSR count). The Balaban J connectivity index is 1.34. The van der Waals surface area contributed by atoms with Gasteiger partial charge in [0, 0.05) is 0 Å². The molecule has 0 radical (unpaired) electrons. The zero-order valence-corrected chi connectivity index (χ0v) is 28.8. The van der Waals surface area contributed by atoms with E-state index in [-0.39, 0.29) is 15.8 Å². The third-order valence-corrected chi connectivity index (χ3v) is 20.6. The molecule has 5 aliphatic rings. The van der Waals surface area contributed by atoms with E-state index >= 15 is 0 Å². The highest BCUT2D eigenvalue weighted by atomic mass is 31.1. The van der Waals surface area contributed by atoms with E-state index < -0.39 is 0 Å². The van der Waals surface area contributed by atoms with Crippen molar-refractivity contribution in [2.45, 2.75) is 202 Å². The van der Waals surface area contributed by atoms with Crippen LogP contribution in [0.1, 0.15) is 173 Å². The largest absolute Gasteiger partial charge is 0.0966 e. The normalized spacial score (nSPS) is 30.0. The summed E-state index contributed by atoms with van der Waals surface area (Å²) in [5.41, 5.74) is 7.78. The van der Waals surface area contributed by atoms with Crippen molar-refractivity contribution < 1.29 is 0 Å². The molecule has 0 saturated heterocycles. The number of rotatable bonds is 10. The molecule has 0 bridgehead atoms. The average Bonchev–Trinajstić information content (AvgIpc) is 3.43. The van der Waals surface area contributed by atoms with E-state index in [1.165, 1.54) is 103 Å². The van der Waals surface area contributed by atoms with Crippen LogP contribution >= 0.6 is 15.8 Å². The predicted octanol–water partition coefficient (Wildman–Crippen LogP) is 12.5. The Bertz CT molecular complexity index is 866. The smallest absolute Gasteiger partial charge is 0.0144 e. The van der Waals surface area contributed by atoms with Crippen LogP contribution in [0, 0.1) is 5.41 Å². The Hall–Kier alpha value is 0.0800. The first-order valence-electron chi connectivity index (χ1n) is 18.9. The molecule has 2 heteroatoms. The second-order valence-corrected chi connectivity index (χ2v) is 21.1. The van der Waals surface area contributed by atoms with Crippen LogP contribution in [-0.4, -0.2) is 28.3 Å². The molecule has 1 unspecified atom stereocenters. The fourth-order valence-electron chi connectivity index (χ4n) is 10.9. The Morgan fingerprint density at radius 1 is 0.585 bits per heavy atom. The van der Waals surface area contributed by atoms with E-state index in [0.717, 1.165) is 28.3 Å². The lowest BCUT2D eigenvalue weighted by Gasteiger charge is -2.49. The molecule has 5 aliphatic carbocycles. The summed E-state index contributed by atoms with van der Waals surface area (Å²) >= 11 is 0. The van der Waals surface area contributed by atoms with Gasteiger partial charge in [-0.3, -0.25) is 0 Å². The van der Waals surface area contributed by atoms with Crippen LogP contribution in [0.5, 0.6) is 0 Å². The molecule has 0 N–H and O–H groups in total. The van der Waals surface area contributed by atoms with Crippen molar-refractivity contribution in [3.05, 3.63) is 29.8 Å². The first kappa shape index (κ1) is 31.1. The molecular weight excluding hydrogens is 530 g/mol. The van der Waals surface area contributed by atoms with Crippen molar-refractivity contribution in [3.8, 4) is 0 Å². The Labute approximate surface area is 257 Å². The van der Waals surface area contributed by atoms with Gasteiger partial charge in [0.2, 0.25) is 0 Å². The van der Waals surface area contributed by atoms with Gasteiger partial charge in [0.15, 0.2) is 0 Å². The van der Waals surface area contributed by atoms with Crippen LogP contribution in [0.15, 0.2) is 24.3 Å². The van der Waals surface area contributed by atoms with Crippen LogP contribution in [0.3, 0.4) is 0 Å². The number of hydrogen-bond acceptors (Lipinski definition) is 0. The van der Waals surface area contributed by atoms with Gasteiger partial charge in [-0.25, -0.2) is 0 Å². The molecule has 230 valence electrons. The summed E-state index contributed by atoms with van der Waals surface area (Å²) in [6.45, 7) is 2.53. The van der Waals surface area contributed by atoms with E-state index in [1.807, 2.05) is 10.9 Å². The van der Waals surface area contributed by atoms with Gasteiger partial charge in [-0.1, -0.05) is 137 Å². The standard InChI is InChI=1S/C39H64P2/c1-2-29-39(30-17-28-38(39)41(35-23-11-5-12-24-35)36-25-13-6-14-26-36)31-32-18-15-16-27-37(32)40(33-19-7-3-8-20-33)34-21-9-4-10-22-34/h15-16,18,27,33-36,38H,2-14,17,19-26,28-31H2,1H3/t38-,39?/m1/s1. The van der Waals surface area contributed by atoms with E-state index in [9.17, 15) is 0 Å². The van der Waals surface area contributed by atoms with Crippen molar-refractivity contribution in [3.63, 3.8) is 0 Å². The highest BCUT2D eigenvalue weighted by Crippen LogP contribution is 2.68. The van der Waals surface area contributed by atoms with Crippen molar-refractivity contribution >= 4 is 21.1 Å². The molecule has 0 nitrogen and oxygen atoms in total. The van der Waals surface area contributed by atoms with Crippen LogP contribution < -0.4 is 5.30 Å². The van der Waals surface area contributed by atoms with Gasteiger partial charge in [0.1, 0.15) is 0 Å². The Morgan fingerprint density at radius 3 is 1.59 bits per heavy atom. The third-order valence-electron chi connectivity index (χ3n) is 12.7. The minimum atomic E-state index is -0.0133. The maximum Gasteiger partial charge on any atom is -0.0144 e. The van der Waals surface area contributed by atoms with Gasteiger partial charge < -0.3 is 0 Å². The van der Waals surface area contributed by atoms with E-state index in [4.69, 9.17) is 0 Å². The van der Waals surface area contributed by atoms with E-state index in [1.54, 1.807) is 64.2 Å². The zero-order chi connectivity index (χ0) is 27.9. The molecule has 0 spiro atoms. The predicted molar refractivity (Wildman–Crippen MR) is 186 cm³/mol.